The van der Waals surface area contributed by atoms with E-state index < -0.39 is 0 Å². The van der Waals surface area contributed by atoms with E-state index in [2.05, 4.69) is 55.7 Å². The third-order valence-corrected chi connectivity index (χ3v) is 9.17. The fourth-order valence-electron chi connectivity index (χ4n) is 6.12. The summed E-state index contributed by atoms with van der Waals surface area (Å²) in [5.74, 6) is 1.25. The van der Waals surface area contributed by atoms with Gasteiger partial charge in [-0.05, 0) is 51.9 Å². The van der Waals surface area contributed by atoms with E-state index in [-0.39, 0.29) is 18.0 Å². The normalized spacial score (nSPS) is 15.7. The Balaban J connectivity index is 1.94. The van der Waals surface area contributed by atoms with E-state index >= 15 is 0 Å². The van der Waals surface area contributed by atoms with Crippen molar-refractivity contribution in [3.05, 3.63) is 24.3 Å². The lowest BCUT2D eigenvalue weighted by Crippen LogP contribution is -2.42. The number of nitrogens with zero attached hydrogens (tertiary/aromatic N) is 1. The molecule has 2 unspecified atom stereocenters. The predicted octanol–water partition coefficient (Wildman–Crippen LogP) is 11.9. The van der Waals surface area contributed by atoms with E-state index in [1.54, 1.807) is 0 Å². The minimum atomic E-state index is 0.0839. The summed E-state index contributed by atoms with van der Waals surface area (Å²) >= 11 is 0. The van der Waals surface area contributed by atoms with E-state index in [0.717, 1.165) is 31.6 Å². The molecule has 1 rings (SSSR count). The number of carbonyl (C=O) groups excluding carboxylic acids is 1. The lowest BCUT2D eigenvalue weighted by atomic mass is 10.0. The molecule has 44 heavy (non-hydrogen) atoms. The van der Waals surface area contributed by atoms with Crippen LogP contribution in [-0.4, -0.2) is 30.4 Å². The van der Waals surface area contributed by atoms with Crippen molar-refractivity contribution in [3.8, 4) is 0 Å². The van der Waals surface area contributed by atoms with Crippen LogP contribution in [0.3, 0.4) is 0 Å². The van der Waals surface area contributed by atoms with Gasteiger partial charge in [-0.1, -0.05) is 160 Å². The molecular formula is C40H75N3O. The van der Waals surface area contributed by atoms with Crippen LogP contribution in [0.15, 0.2) is 29.3 Å². The number of amidine groups is 1. The molecule has 1 aliphatic rings. The lowest BCUT2D eigenvalue weighted by molar-refractivity contribution is -0.121. The number of hydrogen-bond donors (Lipinski definition) is 2. The van der Waals surface area contributed by atoms with Crippen LogP contribution in [0.5, 0.6) is 0 Å². The van der Waals surface area contributed by atoms with E-state index in [1.165, 1.54) is 154 Å². The predicted molar refractivity (Wildman–Crippen MR) is 196 cm³/mol. The van der Waals surface area contributed by atoms with Crippen molar-refractivity contribution < 1.29 is 4.79 Å². The van der Waals surface area contributed by atoms with Gasteiger partial charge in [0.2, 0.25) is 5.91 Å². The zero-order valence-corrected chi connectivity index (χ0v) is 29.8. The molecule has 0 radical (unpaired) electrons. The Hall–Kier alpha value is -1.58. The summed E-state index contributed by atoms with van der Waals surface area (Å²) in [6, 6.07) is 0.230. The molecule has 2 N–H and O–H groups in total. The van der Waals surface area contributed by atoms with Crippen LogP contribution < -0.4 is 10.6 Å². The molecule has 0 aromatic heterocycles. The van der Waals surface area contributed by atoms with Crippen LogP contribution in [0.1, 0.15) is 201 Å². The second-order valence-corrected chi connectivity index (χ2v) is 13.6. The average Bonchev–Trinajstić information content (AvgIpc) is 3.50. The van der Waals surface area contributed by atoms with Crippen LogP contribution >= 0.6 is 0 Å². The quantitative estimate of drug-likeness (QED) is 0.0585. The highest BCUT2D eigenvalue weighted by molar-refractivity contribution is 5.85. The second-order valence-electron chi connectivity index (χ2n) is 13.6. The molecule has 0 aromatic rings. The number of amides is 1. The Morgan fingerprint density at radius 3 is 1.55 bits per heavy atom. The minimum absolute atomic E-state index is 0.0839. The first-order valence-electron chi connectivity index (χ1n) is 19.6. The molecule has 0 aromatic carbocycles. The van der Waals surface area contributed by atoms with Crippen molar-refractivity contribution in [2.45, 2.75) is 213 Å². The third kappa shape index (κ3) is 25.7. The van der Waals surface area contributed by atoms with Crippen LogP contribution in [0.4, 0.5) is 0 Å². The maximum absolute atomic E-state index is 12.5. The van der Waals surface area contributed by atoms with Crippen molar-refractivity contribution in [1.29, 1.82) is 0 Å². The number of carbonyl (C=O) groups is 1. The summed E-state index contributed by atoms with van der Waals surface area (Å²) in [4.78, 5) is 17.3. The van der Waals surface area contributed by atoms with Gasteiger partial charge in [0.15, 0.2) is 0 Å². The van der Waals surface area contributed by atoms with Crippen LogP contribution in [0.2, 0.25) is 0 Å². The maximum atomic E-state index is 12.5. The van der Waals surface area contributed by atoms with E-state index in [1.807, 2.05) is 0 Å². The lowest BCUT2D eigenvalue weighted by Gasteiger charge is -2.17. The molecule has 0 fully saturated rings. The summed E-state index contributed by atoms with van der Waals surface area (Å²) < 4.78 is 0. The van der Waals surface area contributed by atoms with Gasteiger partial charge in [-0.25, -0.2) is 0 Å². The summed E-state index contributed by atoms with van der Waals surface area (Å²) in [7, 11) is 0. The molecular weight excluding hydrogens is 538 g/mol. The summed E-state index contributed by atoms with van der Waals surface area (Å²) in [6.07, 6.45) is 45.6. The second kappa shape index (κ2) is 31.4. The summed E-state index contributed by atoms with van der Waals surface area (Å²) in [6.45, 7) is 7.49. The van der Waals surface area contributed by atoms with Crippen molar-refractivity contribution in [1.82, 2.24) is 10.6 Å². The molecule has 4 heteroatoms. The van der Waals surface area contributed by atoms with Crippen LogP contribution in [-0.2, 0) is 4.79 Å². The van der Waals surface area contributed by atoms with E-state index in [4.69, 9.17) is 4.99 Å². The van der Waals surface area contributed by atoms with Gasteiger partial charge in [0.25, 0.3) is 0 Å². The highest BCUT2D eigenvalue weighted by Gasteiger charge is 2.23. The number of unbranched alkanes of at least 4 members (excludes halogenated alkanes) is 23. The number of nitrogens with one attached hydrogen (secondary N) is 2. The topological polar surface area (TPSA) is 53.5 Å². The maximum Gasteiger partial charge on any atom is 0.220 e. The number of allylic oxidation sites excluding steroid dienone is 3. The van der Waals surface area contributed by atoms with Crippen molar-refractivity contribution >= 4 is 11.7 Å². The van der Waals surface area contributed by atoms with Gasteiger partial charge in [0, 0.05) is 19.4 Å². The third-order valence-electron chi connectivity index (χ3n) is 9.17. The van der Waals surface area contributed by atoms with Crippen molar-refractivity contribution in [2.75, 3.05) is 6.54 Å². The molecule has 1 amide bonds. The Bertz CT molecular complexity index is 728. The van der Waals surface area contributed by atoms with Gasteiger partial charge in [-0.15, -0.1) is 0 Å². The van der Waals surface area contributed by atoms with Crippen molar-refractivity contribution in [3.63, 3.8) is 0 Å². The Kier molecular flexibility index (Phi) is 28.9. The minimum Gasteiger partial charge on any atom is -0.371 e. The standard InChI is InChI=1S/C40H75N3O/c1-4-6-8-10-12-14-16-18-20-22-24-26-28-30-32-34-39-41-36-38(43-39)37(3)42-40(44)35-33-31-29-27-25-23-21-19-17-15-13-11-9-7-5-2/h19,21,30,32,37-38H,4-18,20,22-29,31,33-36H2,1-3H3,(H,41,43)(H,42,44)/b21-19-,32-30?. The molecule has 1 aliphatic heterocycles. The summed E-state index contributed by atoms with van der Waals surface area (Å²) in [5, 5.41) is 6.65. The zero-order chi connectivity index (χ0) is 31.8. The Labute approximate surface area is 275 Å². The highest BCUT2D eigenvalue weighted by Crippen LogP contribution is 2.14. The van der Waals surface area contributed by atoms with Crippen LogP contribution in [0, 0.1) is 0 Å². The molecule has 4 nitrogen and oxygen atoms in total. The molecule has 0 saturated heterocycles. The fraction of sp³-hybridized carbons (Fsp3) is 0.850. The first kappa shape index (κ1) is 40.4. The highest BCUT2D eigenvalue weighted by atomic mass is 16.1. The number of hydrogen-bond acceptors (Lipinski definition) is 3. The van der Waals surface area contributed by atoms with Gasteiger partial charge in [-0.2, -0.15) is 0 Å². The Morgan fingerprint density at radius 2 is 1.07 bits per heavy atom. The van der Waals surface area contributed by atoms with Gasteiger partial charge < -0.3 is 10.6 Å². The largest absolute Gasteiger partial charge is 0.371 e. The molecule has 0 bridgehead atoms. The van der Waals surface area contributed by atoms with Gasteiger partial charge in [0.1, 0.15) is 5.84 Å². The van der Waals surface area contributed by atoms with Gasteiger partial charge in [0.05, 0.1) is 12.1 Å². The van der Waals surface area contributed by atoms with Crippen LogP contribution in [0.25, 0.3) is 0 Å². The van der Waals surface area contributed by atoms with E-state index in [9.17, 15) is 4.79 Å². The molecule has 0 aliphatic carbocycles. The molecule has 256 valence electrons. The molecule has 0 saturated carbocycles. The first-order valence-corrected chi connectivity index (χ1v) is 19.6. The number of rotatable bonds is 32. The first-order chi connectivity index (χ1) is 21.7. The summed E-state index contributed by atoms with van der Waals surface area (Å²) in [5.41, 5.74) is 0. The Morgan fingerprint density at radius 1 is 0.659 bits per heavy atom. The zero-order valence-electron chi connectivity index (χ0n) is 29.8. The monoisotopic (exact) mass is 614 g/mol. The molecule has 0 spiro atoms. The van der Waals surface area contributed by atoms with Gasteiger partial charge in [-0.3, -0.25) is 9.79 Å². The SMILES string of the molecule is CCCCCCCC/C=C\CCCCCCCC(=O)NC(C)C1CNC(CC=CCCCCCCCCCCCCCC)=N1. The molecule has 2 atom stereocenters. The average molecular weight is 614 g/mol. The van der Waals surface area contributed by atoms with Crippen molar-refractivity contribution in [2.24, 2.45) is 4.99 Å². The number of aliphatic imine (C=N–C) groups is 1. The molecule has 1 heterocycles. The van der Waals surface area contributed by atoms with E-state index in [0.29, 0.717) is 6.42 Å². The van der Waals surface area contributed by atoms with Gasteiger partial charge >= 0.3 is 0 Å². The fourth-order valence-corrected chi connectivity index (χ4v) is 6.12. The smallest absolute Gasteiger partial charge is 0.220 e.